The molecule has 0 aliphatic heterocycles. The second kappa shape index (κ2) is 3.97. The highest BCUT2D eigenvalue weighted by Crippen LogP contribution is 2.37. The topological polar surface area (TPSA) is 29.5 Å². The Kier molecular flexibility index (Phi) is 2.80. The molecule has 1 aliphatic carbocycles. The number of alkyl halides is 3. The van der Waals surface area contributed by atoms with E-state index >= 15 is 0 Å². The highest BCUT2D eigenvalue weighted by atomic mass is 19.4. The van der Waals surface area contributed by atoms with Gasteiger partial charge in [0.25, 0.3) is 0 Å². The van der Waals surface area contributed by atoms with Gasteiger partial charge < -0.3 is 9.84 Å². The average molecular weight is 232 g/mol. The van der Waals surface area contributed by atoms with Crippen LogP contribution in [0, 0.1) is 0 Å². The van der Waals surface area contributed by atoms with E-state index in [1.807, 2.05) is 0 Å². The zero-order valence-electron chi connectivity index (χ0n) is 8.37. The van der Waals surface area contributed by atoms with E-state index in [1.165, 1.54) is 12.1 Å². The molecule has 1 aromatic rings. The first kappa shape index (κ1) is 11.3. The molecule has 0 spiro atoms. The number of halogens is 3. The molecule has 0 atom stereocenters. The van der Waals surface area contributed by atoms with Gasteiger partial charge in [0.15, 0.2) is 0 Å². The molecule has 0 unspecified atom stereocenters. The standard InChI is InChI=1S/C11H11F3O2/c12-11(13,14)16-10-3-1-7(2-4-10)8-5-9(15)6-8/h1-4,8-9,15H,5-6H2. The number of aliphatic hydroxyl groups excluding tert-OH is 1. The Hall–Kier alpha value is -1.23. The van der Waals surface area contributed by atoms with Gasteiger partial charge in [0.2, 0.25) is 0 Å². The lowest BCUT2D eigenvalue weighted by Gasteiger charge is -2.31. The van der Waals surface area contributed by atoms with Crippen molar-refractivity contribution < 1.29 is 23.0 Å². The molecule has 88 valence electrons. The van der Waals surface area contributed by atoms with Gasteiger partial charge in [-0.3, -0.25) is 0 Å². The van der Waals surface area contributed by atoms with E-state index in [1.54, 1.807) is 12.1 Å². The van der Waals surface area contributed by atoms with Crippen LogP contribution in [0.2, 0.25) is 0 Å². The summed E-state index contributed by atoms with van der Waals surface area (Å²) in [5.74, 6) is 0.0473. The summed E-state index contributed by atoms with van der Waals surface area (Å²) < 4.78 is 39.4. The van der Waals surface area contributed by atoms with Gasteiger partial charge in [-0.15, -0.1) is 13.2 Å². The zero-order chi connectivity index (χ0) is 11.8. The molecule has 2 nitrogen and oxygen atoms in total. The molecule has 1 fully saturated rings. The summed E-state index contributed by atoms with van der Waals surface area (Å²) in [6, 6.07) is 5.82. The van der Waals surface area contributed by atoms with Crippen molar-refractivity contribution in [2.24, 2.45) is 0 Å². The van der Waals surface area contributed by atoms with Crippen molar-refractivity contribution in [2.45, 2.75) is 31.2 Å². The number of aliphatic hydroxyl groups is 1. The van der Waals surface area contributed by atoms with Crippen LogP contribution in [0.1, 0.15) is 24.3 Å². The normalized spacial score (nSPS) is 25.0. The summed E-state index contributed by atoms with van der Waals surface area (Å²) in [7, 11) is 0. The van der Waals surface area contributed by atoms with Crippen LogP contribution in [-0.4, -0.2) is 17.6 Å². The lowest BCUT2D eigenvalue weighted by atomic mass is 9.78. The molecule has 1 aromatic carbocycles. The SMILES string of the molecule is OC1CC(c2ccc(OC(F)(F)F)cc2)C1. The molecule has 2 rings (SSSR count). The van der Waals surface area contributed by atoms with Crippen molar-refractivity contribution in [3.8, 4) is 5.75 Å². The lowest BCUT2D eigenvalue weighted by molar-refractivity contribution is -0.274. The van der Waals surface area contributed by atoms with E-state index in [-0.39, 0.29) is 17.8 Å². The smallest absolute Gasteiger partial charge is 0.406 e. The third-order valence-electron chi connectivity index (χ3n) is 2.70. The summed E-state index contributed by atoms with van der Waals surface area (Å²) in [6.45, 7) is 0. The summed E-state index contributed by atoms with van der Waals surface area (Å²) in [5.41, 5.74) is 0.944. The quantitative estimate of drug-likeness (QED) is 0.849. The van der Waals surface area contributed by atoms with Crippen molar-refractivity contribution in [1.82, 2.24) is 0 Å². The molecule has 1 aliphatic rings. The number of hydrogen-bond acceptors (Lipinski definition) is 2. The maximum Gasteiger partial charge on any atom is 0.573 e. The molecule has 0 saturated heterocycles. The van der Waals surface area contributed by atoms with Gasteiger partial charge >= 0.3 is 6.36 Å². The molecule has 1 N–H and O–H groups in total. The third kappa shape index (κ3) is 2.66. The number of ether oxygens (including phenoxy) is 1. The van der Waals surface area contributed by atoms with Gasteiger partial charge in [0, 0.05) is 0 Å². The van der Waals surface area contributed by atoms with E-state index in [4.69, 9.17) is 5.11 Å². The van der Waals surface area contributed by atoms with E-state index in [0.717, 1.165) is 5.56 Å². The van der Waals surface area contributed by atoms with Crippen LogP contribution in [0.25, 0.3) is 0 Å². The number of benzene rings is 1. The maximum atomic E-state index is 11.9. The largest absolute Gasteiger partial charge is 0.573 e. The number of rotatable bonds is 2. The summed E-state index contributed by atoms with van der Waals surface area (Å²) in [6.07, 6.45) is -3.55. The van der Waals surface area contributed by atoms with E-state index in [9.17, 15) is 13.2 Å². The predicted molar refractivity (Wildman–Crippen MR) is 51.1 cm³/mol. The van der Waals surface area contributed by atoms with Crippen LogP contribution in [0.4, 0.5) is 13.2 Å². The molecule has 0 bridgehead atoms. The fourth-order valence-electron chi connectivity index (χ4n) is 1.80. The van der Waals surface area contributed by atoms with Gasteiger partial charge in [0.1, 0.15) is 5.75 Å². The second-order valence-corrected chi connectivity index (χ2v) is 3.94. The summed E-state index contributed by atoms with van der Waals surface area (Å²) in [5, 5.41) is 9.11. The van der Waals surface area contributed by atoms with Crippen molar-refractivity contribution in [2.75, 3.05) is 0 Å². The van der Waals surface area contributed by atoms with Crippen LogP contribution < -0.4 is 4.74 Å². The Balaban J connectivity index is 2.00. The number of hydrogen-bond donors (Lipinski definition) is 1. The molecule has 0 amide bonds. The first-order valence-electron chi connectivity index (χ1n) is 4.98. The highest BCUT2D eigenvalue weighted by Gasteiger charge is 2.31. The van der Waals surface area contributed by atoms with E-state index < -0.39 is 6.36 Å². The molecule has 0 aromatic heterocycles. The average Bonchev–Trinajstić information content (AvgIpc) is 2.12. The van der Waals surface area contributed by atoms with Crippen LogP contribution in [0.3, 0.4) is 0 Å². The maximum absolute atomic E-state index is 11.9. The van der Waals surface area contributed by atoms with Crippen molar-refractivity contribution in [3.05, 3.63) is 29.8 Å². The minimum atomic E-state index is -4.64. The monoisotopic (exact) mass is 232 g/mol. The van der Waals surface area contributed by atoms with Crippen LogP contribution >= 0.6 is 0 Å². The zero-order valence-corrected chi connectivity index (χ0v) is 8.37. The minimum absolute atomic E-state index is 0.212. The lowest BCUT2D eigenvalue weighted by Crippen LogP contribution is -2.26. The summed E-state index contributed by atoms with van der Waals surface area (Å²) in [4.78, 5) is 0. The first-order chi connectivity index (χ1) is 7.44. The highest BCUT2D eigenvalue weighted by molar-refractivity contribution is 5.30. The Labute approximate surface area is 90.7 Å². The Morgan fingerprint density at radius 2 is 1.69 bits per heavy atom. The van der Waals surface area contributed by atoms with Crippen LogP contribution in [0.15, 0.2) is 24.3 Å². The third-order valence-corrected chi connectivity index (χ3v) is 2.70. The van der Waals surface area contributed by atoms with Gasteiger partial charge in [-0.25, -0.2) is 0 Å². The van der Waals surface area contributed by atoms with E-state index in [2.05, 4.69) is 4.74 Å². The van der Waals surface area contributed by atoms with Crippen LogP contribution in [-0.2, 0) is 0 Å². The minimum Gasteiger partial charge on any atom is -0.406 e. The molecule has 16 heavy (non-hydrogen) atoms. The fraction of sp³-hybridized carbons (Fsp3) is 0.455. The van der Waals surface area contributed by atoms with Gasteiger partial charge in [-0.05, 0) is 36.5 Å². The molecule has 1 saturated carbocycles. The Morgan fingerprint density at radius 1 is 1.12 bits per heavy atom. The van der Waals surface area contributed by atoms with Gasteiger partial charge in [-0.1, -0.05) is 12.1 Å². The first-order valence-corrected chi connectivity index (χ1v) is 4.98. The molecular weight excluding hydrogens is 221 g/mol. The van der Waals surface area contributed by atoms with E-state index in [0.29, 0.717) is 12.8 Å². The Bertz CT molecular complexity index is 352. The second-order valence-electron chi connectivity index (χ2n) is 3.94. The van der Waals surface area contributed by atoms with Gasteiger partial charge in [0.05, 0.1) is 6.10 Å². The predicted octanol–water partition coefficient (Wildman–Crippen LogP) is 2.82. The fourth-order valence-corrected chi connectivity index (χ4v) is 1.80. The van der Waals surface area contributed by atoms with Gasteiger partial charge in [-0.2, -0.15) is 0 Å². The van der Waals surface area contributed by atoms with Crippen molar-refractivity contribution in [3.63, 3.8) is 0 Å². The summed E-state index contributed by atoms with van der Waals surface area (Å²) >= 11 is 0. The Morgan fingerprint density at radius 3 is 2.12 bits per heavy atom. The van der Waals surface area contributed by atoms with Crippen molar-refractivity contribution in [1.29, 1.82) is 0 Å². The molecule has 0 radical (unpaired) electrons. The van der Waals surface area contributed by atoms with Crippen molar-refractivity contribution >= 4 is 0 Å². The molecule has 0 heterocycles. The molecular formula is C11H11F3O2. The molecule has 5 heteroatoms. The van der Waals surface area contributed by atoms with Crippen LogP contribution in [0.5, 0.6) is 5.75 Å².